The molecule has 0 fully saturated rings. The van der Waals surface area contributed by atoms with Crippen molar-refractivity contribution in [3.63, 3.8) is 0 Å². The molecule has 0 N–H and O–H groups in total. The largest absolute Gasteiger partial charge is 0.456 e. The van der Waals surface area contributed by atoms with Crippen molar-refractivity contribution >= 4 is 60.9 Å². The van der Waals surface area contributed by atoms with Crippen molar-refractivity contribution in [1.29, 1.82) is 0 Å². The number of benzene rings is 10. The van der Waals surface area contributed by atoms with Gasteiger partial charge >= 0.3 is 0 Å². The number of furan rings is 1. The van der Waals surface area contributed by atoms with Gasteiger partial charge in [-0.3, -0.25) is 0 Å². The number of aromatic nitrogens is 1. The molecular formula is C59H38N2O2. The van der Waals surface area contributed by atoms with E-state index in [1.165, 1.54) is 5.56 Å². The summed E-state index contributed by atoms with van der Waals surface area (Å²) in [4.78, 5) is 7.45. The van der Waals surface area contributed by atoms with Crippen molar-refractivity contribution in [2.75, 3.05) is 4.90 Å². The zero-order valence-electron chi connectivity index (χ0n) is 34.2. The van der Waals surface area contributed by atoms with Crippen LogP contribution in [-0.2, 0) is 0 Å². The minimum absolute atomic E-state index is 0.598. The van der Waals surface area contributed by atoms with E-state index in [9.17, 15) is 0 Å². The normalized spacial score (nSPS) is 11.5. The average Bonchev–Trinajstić information content (AvgIpc) is 3.97. The van der Waals surface area contributed by atoms with Crippen LogP contribution in [0, 0.1) is 0 Å². The number of rotatable bonds is 8. The van der Waals surface area contributed by atoms with Crippen LogP contribution in [0.4, 0.5) is 17.1 Å². The summed E-state index contributed by atoms with van der Waals surface area (Å²) in [5.41, 5.74) is 16.3. The molecule has 0 spiro atoms. The second-order valence-corrected chi connectivity index (χ2v) is 15.9. The van der Waals surface area contributed by atoms with E-state index in [0.29, 0.717) is 5.89 Å². The van der Waals surface area contributed by atoms with Gasteiger partial charge in [0.15, 0.2) is 5.58 Å². The maximum atomic E-state index is 6.67. The minimum atomic E-state index is 0.598. The van der Waals surface area contributed by atoms with Gasteiger partial charge in [-0.05, 0) is 111 Å². The molecule has 4 nitrogen and oxygen atoms in total. The molecule has 0 aliphatic rings. The van der Waals surface area contributed by atoms with Crippen LogP contribution in [-0.4, -0.2) is 4.98 Å². The predicted octanol–water partition coefficient (Wildman–Crippen LogP) is 16.7. The van der Waals surface area contributed by atoms with Gasteiger partial charge in [-0.1, -0.05) is 164 Å². The molecule has 0 aliphatic heterocycles. The molecule has 0 unspecified atom stereocenters. The molecule has 0 amide bonds. The van der Waals surface area contributed by atoms with Gasteiger partial charge in [0.1, 0.15) is 16.7 Å². The van der Waals surface area contributed by atoms with E-state index in [1.54, 1.807) is 0 Å². The van der Waals surface area contributed by atoms with Crippen LogP contribution in [0.2, 0.25) is 0 Å². The third-order valence-electron chi connectivity index (χ3n) is 12.1. The number of fused-ring (bicyclic) bond motifs is 6. The van der Waals surface area contributed by atoms with E-state index in [-0.39, 0.29) is 0 Å². The third kappa shape index (κ3) is 6.53. The molecule has 0 bridgehead atoms. The third-order valence-corrected chi connectivity index (χ3v) is 12.1. The molecule has 0 saturated carbocycles. The Morgan fingerprint density at radius 1 is 0.286 bits per heavy atom. The quantitative estimate of drug-likeness (QED) is 0.153. The van der Waals surface area contributed by atoms with Crippen LogP contribution in [0.3, 0.4) is 0 Å². The van der Waals surface area contributed by atoms with Crippen LogP contribution >= 0.6 is 0 Å². The Hall–Kier alpha value is -8.47. The highest BCUT2D eigenvalue weighted by Crippen LogP contribution is 2.45. The van der Waals surface area contributed by atoms with Crippen molar-refractivity contribution in [3.05, 3.63) is 231 Å². The Balaban J connectivity index is 1.03. The first-order valence-corrected chi connectivity index (χ1v) is 21.3. The molecule has 2 aromatic heterocycles. The molecular weight excluding hydrogens is 769 g/mol. The van der Waals surface area contributed by atoms with E-state index in [1.807, 2.05) is 18.2 Å². The molecule has 12 rings (SSSR count). The molecule has 0 atom stereocenters. The molecule has 12 aromatic rings. The van der Waals surface area contributed by atoms with Crippen molar-refractivity contribution in [2.24, 2.45) is 0 Å². The summed E-state index contributed by atoms with van der Waals surface area (Å²) >= 11 is 0. The van der Waals surface area contributed by atoms with Crippen molar-refractivity contribution in [2.45, 2.75) is 0 Å². The lowest BCUT2D eigenvalue weighted by molar-refractivity contribution is 0.620. The predicted molar refractivity (Wildman–Crippen MR) is 261 cm³/mol. The average molecular weight is 807 g/mol. The van der Waals surface area contributed by atoms with Crippen LogP contribution in [0.15, 0.2) is 239 Å². The summed E-state index contributed by atoms with van der Waals surface area (Å²) in [6.45, 7) is 0. The van der Waals surface area contributed by atoms with Crippen LogP contribution < -0.4 is 4.90 Å². The van der Waals surface area contributed by atoms with Gasteiger partial charge in [0.2, 0.25) is 5.89 Å². The summed E-state index contributed by atoms with van der Waals surface area (Å²) in [5, 5.41) is 4.35. The van der Waals surface area contributed by atoms with Crippen molar-refractivity contribution in [3.8, 4) is 56.0 Å². The zero-order chi connectivity index (χ0) is 41.7. The fraction of sp³-hybridized carbons (Fsp3) is 0. The van der Waals surface area contributed by atoms with Gasteiger partial charge in [-0.25, -0.2) is 4.98 Å². The number of oxazole rings is 1. The number of para-hydroxylation sites is 1. The Kier molecular flexibility index (Phi) is 8.79. The van der Waals surface area contributed by atoms with Gasteiger partial charge in [0, 0.05) is 44.9 Å². The first kappa shape index (κ1) is 36.4. The van der Waals surface area contributed by atoms with E-state index in [4.69, 9.17) is 13.8 Å². The lowest BCUT2D eigenvalue weighted by Gasteiger charge is -2.27. The van der Waals surface area contributed by atoms with Gasteiger partial charge in [-0.15, -0.1) is 0 Å². The van der Waals surface area contributed by atoms with Gasteiger partial charge in [-0.2, -0.15) is 0 Å². The fourth-order valence-electron chi connectivity index (χ4n) is 9.06. The summed E-state index contributed by atoms with van der Waals surface area (Å²) in [6, 6.07) is 81.2. The molecule has 0 aliphatic carbocycles. The van der Waals surface area contributed by atoms with E-state index < -0.39 is 0 Å². The Morgan fingerprint density at radius 2 is 0.841 bits per heavy atom. The summed E-state index contributed by atoms with van der Waals surface area (Å²) in [5.74, 6) is 0.598. The first-order valence-electron chi connectivity index (χ1n) is 21.3. The lowest BCUT2D eigenvalue weighted by Crippen LogP contribution is -2.10. The van der Waals surface area contributed by atoms with Crippen LogP contribution in [0.5, 0.6) is 0 Å². The first-order chi connectivity index (χ1) is 31.2. The number of anilines is 3. The molecule has 10 aromatic carbocycles. The van der Waals surface area contributed by atoms with Crippen LogP contribution in [0.1, 0.15) is 0 Å². The molecule has 0 radical (unpaired) electrons. The minimum Gasteiger partial charge on any atom is -0.456 e. The lowest BCUT2D eigenvalue weighted by atomic mass is 9.90. The van der Waals surface area contributed by atoms with E-state index >= 15 is 0 Å². The summed E-state index contributed by atoms with van der Waals surface area (Å²) in [7, 11) is 0. The monoisotopic (exact) mass is 806 g/mol. The maximum absolute atomic E-state index is 6.67. The second-order valence-electron chi connectivity index (χ2n) is 15.9. The van der Waals surface area contributed by atoms with Gasteiger partial charge in [0.25, 0.3) is 0 Å². The Labute approximate surface area is 364 Å². The molecule has 0 saturated heterocycles. The number of hydrogen-bond acceptors (Lipinski definition) is 4. The molecule has 296 valence electrons. The van der Waals surface area contributed by atoms with Gasteiger partial charge in [0.05, 0.1) is 0 Å². The Bertz CT molecular complexity index is 3610. The summed E-state index contributed by atoms with van der Waals surface area (Å²) < 4.78 is 13.1. The highest BCUT2D eigenvalue weighted by Gasteiger charge is 2.21. The summed E-state index contributed by atoms with van der Waals surface area (Å²) in [6.07, 6.45) is 0. The standard InChI is InChI=1S/C59H38N2O2/c1-4-15-39(16-5-1)41-27-29-43(30-28-41)59-60-58-52-25-11-10-23-48(52)54(38-57(58)63-59)49-33-31-46(36-53(49)42-19-8-3-9-20-42)61(45-22-14-21-44(35-45)40-17-6-2-7-18-40)47-32-34-51-50-24-12-13-26-55(50)62-56(51)37-47/h1-38H. The topological polar surface area (TPSA) is 42.4 Å². The number of hydrogen-bond donors (Lipinski definition) is 0. The molecule has 4 heteroatoms. The molecule has 2 heterocycles. The van der Waals surface area contributed by atoms with Crippen molar-refractivity contribution in [1.82, 2.24) is 4.98 Å². The zero-order valence-corrected chi connectivity index (χ0v) is 34.2. The highest BCUT2D eigenvalue weighted by molar-refractivity contribution is 6.13. The number of nitrogens with zero attached hydrogens (tertiary/aromatic N) is 2. The maximum Gasteiger partial charge on any atom is 0.227 e. The second kappa shape index (κ2) is 15.2. The van der Waals surface area contributed by atoms with Crippen LogP contribution in [0.25, 0.3) is 99.8 Å². The molecule has 63 heavy (non-hydrogen) atoms. The van der Waals surface area contributed by atoms with E-state index in [0.717, 1.165) is 105 Å². The van der Waals surface area contributed by atoms with Crippen molar-refractivity contribution < 1.29 is 8.83 Å². The fourth-order valence-corrected chi connectivity index (χ4v) is 9.06. The highest BCUT2D eigenvalue weighted by atomic mass is 16.3. The van der Waals surface area contributed by atoms with Gasteiger partial charge < -0.3 is 13.7 Å². The van der Waals surface area contributed by atoms with E-state index in [2.05, 4.69) is 217 Å². The smallest absolute Gasteiger partial charge is 0.227 e. The Morgan fingerprint density at radius 3 is 1.60 bits per heavy atom. The SMILES string of the molecule is c1ccc(-c2ccc(-c3nc4c(cc(-c5ccc(N(c6cccc(-c7ccccc7)c6)c6ccc7c(c6)oc6ccccc67)cc5-c5ccccc5)c5ccccc54)o3)cc2)cc1.